The number of benzene rings is 2. The Hall–Kier alpha value is -3.39. The van der Waals surface area contributed by atoms with Crippen LogP contribution in [0.1, 0.15) is 43.7 Å². The normalized spacial score (nSPS) is 19.5. The lowest BCUT2D eigenvalue weighted by atomic mass is 9.98. The molecule has 2 aromatic rings. The molecule has 3 unspecified atom stereocenters. The van der Waals surface area contributed by atoms with Crippen LogP contribution >= 0.6 is 0 Å². The molecule has 2 N–H and O–H groups in total. The van der Waals surface area contributed by atoms with Crippen molar-refractivity contribution in [3.63, 3.8) is 0 Å². The highest BCUT2D eigenvalue weighted by Gasteiger charge is 2.39. The number of rotatable bonds is 9. The third-order valence-corrected chi connectivity index (χ3v) is 6.93. The molecule has 35 heavy (non-hydrogen) atoms. The molecule has 0 radical (unpaired) electrons. The van der Waals surface area contributed by atoms with Crippen LogP contribution in [0.25, 0.3) is 11.1 Å². The van der Waals surface area contributed by atoms with Crippen LogP contribution < -0.4 is 5.32 Å². The second-order valence-electron chi connectivity index (χ2n) is 9.14. The predicted molar refractivity (Wildman–Crippen MR) is 130 cm³/mol. The van der Waals surface area contributed by atoms with Crippen LogP contribution in [0.2, 0.25) is 0 Å². The van der Waals surface area contributed by atoms with Gasteiger partial charge < -0.3 is 24.8 Å². The molecule has 2 aromatic carbocycles. The minimum atomic E-state index is -0.955. The van der Waals surface area contributed by atoms with Gasteiger partial charge in [0.15, 0.2) is 0 Å². The molecule has 0 bridgehead atoms. The second-order valence-corrected chi connectivity index (χ2v) is 9.14. The van der Waals surface area contributed by atoms with E-state index in [1.807, 2.05) is 38.1 Å². The van der Waals surface area contributed by atoms with Crippen molar-refractivity contribution < 1.29 is 29.0 Å². The molecule has 1 fully saturated rings. The third kappa shape index (κ3) is 5.32. The lowest BCUT2D eigenvalue weighted by Crippen LogP contribution is -2.46. The van der Waals surface area contributed by atoms with E-state index in [0.717, 1.165) is 11.1 Å². The second kappa shape index (κ2) is 10.9. The van der Waals surface area contributed by atoms with E-state index >= 15 is 0 Å². The summed E-state index contributed by atoms with van der Waals surface area (Å²) in [7, 11) is 0. The summed E-state index contributed by atoms with van der Waals surface area (Å²) in [6.45, 7) is 4.63. The topological polar surface area (TPSA) is 105 Å². The Labute approximate surface area is 205 Å². The number of hydrogen-bond acceptors (Lipinski definition) is 5. The van der Waals surface area contributed by atoms with Gasteiger partial charge in [0, 0.05) is 24.9 Å². The lowest BCUT2D eigenvalue weighted by Gasteiger charge is -2.29. The van der Waals surface area contributed by atoms with Crippen molar-refractivity contribution in [1.82, 2.24) is 10.2 Å². The first-order valence-corrected chi connectivity index (χ1v) is 12.1. The van der Waals surface area contributed by atoms with E-state index < -0.39 is 24.0 Å². The van der Waals surface area contributed by atoms with Gasteiger partial charge in [0.2, 0.25) is 5.91 Å². The predicted octanol–water partition coefficient (Wildman–Crippen LogP) is 3.64. The van der Waals surface area contributed by atoms with E-state index in [1.165, 1.54) is 11.1 Å². The molecule has 1 aliphatic carbocycles. The fraction of sp³-hybridized carbons (Fsp3) is 0.444. The monoisotopic (exact) mass is 480 g/mol. The van der Waals surface area contributed by atoms with Gasteiger partial charge in [-0.1, -0.05) is 48.5 Å². The average Bonchev–Trinajstić information content (AvgIpc) is 3.45. The van der Waals surface area contributed by atoms with E-state index in [4.69, 9.17) is 9.47 Å². The van der Waals surface area contributed by atoms with E-state index in [-0.39, 0.29) is 44.1 Å². The maximum atomic E-state index is 12.8. The SMILES string of the molecule is CCN(C(=O)CCC(C)NC(=O)OCC1c2ccccc2-c2ccccc21)C1COCC1C(=O)O. The van der Waals surface area contributed by atoms with Gasteiger partial charge in [-0.25, -0.2) is 4.79 Å². The van der Waals surface area contributed by atoms with Crippen molar-refractivity contribution in [1.29, 1.82) is 0 Å². The number of ether oxygens (including phenoxy) is 2. The number of carboxylic acid groups (broad SMARTS) is 1. The molecule has 186 valence electrons. The standard InChI is InChI=1S/C27H32N2O6/c1-3-29(24-16-34-14-23(24)26(31)32)25(30)13-12-17(2)28-27(33)35-15-22-20-10-6-4-8-18(20)19-9-5-7-11-21(19)22/h4-11,17,22-24H,3,12-16H2,1-2H3,(H,28,33)(H,31,32). The quantitative estimate of drug-likeness (QED) is 0.568. The Morgan fingerprint density at radius 2 is 1.71 bits per heavy atom. The Kier molecular flexibility index (Phi) is 7.70. The van der Waals surface area contributed by atoms with Crippen LogP contribution in [0.3, 0.4) is 0 Å². The summed E-state index contributed by atoms with van der Waals surface area (Å²) in [5.41, 5.74) is 4.63. The van der Waals surface area contributed by atoms with Crippen LogP contribution in [0.15, 0.2) is 48.5 Å². The number of alkyl carbamates (subject to hydrolysis) is 1. The van der Waals surface area contributed by atoms with Crippen molar-refractivity contribution in [3.8, 4) is 11.1 Å². The number of fused-ring (bicyclic) bond motifs is 3. The number of likely N-dealkylation sites (N-methyl/N-ethyl adjacent to an activating group) is 1. The minimum Gasteiger partial charge on any atom is -0.481 e. The highest BCUT2D eigenvalue weighted by Crippen LogP contribution is 2.44. The number of carboxylic acids is 1. The Bertz CT molecular complexity index is 1040. The zero-order valence-corrected chi connectivity index (χ0v) is 20.1. The summed E-state index contributed by atoms with van der Waals surface area (Å²) in [6, 6.07) is 15.6. The Balaban J connectivity index is 1.27. The zero-order valence-electron chi connectivity index (χ0n) is 20.1. The molecular weight excluding hydrogens is 448 g/mol. The van der Waals surface area contributed by atoms with Gasteiger partial charge in [0.25, 0.3) is 0 Å². The van der Waals surface area contributed by atoms with Crippen molar-refractivity contribution in [3.05, 3.63) is 59.7 Å². The molecule has 0 saturated carbocycles. The first-order chi connectivity index (χ1) is 16.9. The number of nitrogens with one attached hydrogen (secondary N) is 1. The summed E-state index contributed by atoms with van der Waals surface area (Å²) in [4.78, 5) is 38.3. The molecule has 0 spiro atoms. The molecular formula is C27H32N2O6. The molecule has 8 nitrogen and oxygen atoms in total. The van der Waals surface area contributed by atoms with Crippen LogP contribution in [0.4, 0.5) is 4.79 Å². The van der Waals surface area contributed by atoms with Crippen LogP contribution in [-0.2, 0) is 19.1 Å². The number of carbonyl (C=O) groups excluding carboxylic acids is 2. The van der Waals surface area contributed by atoms with Gasteiger partial charge in [-0.15, -0.1) is 0 Å². The van der Waals surface area contributed by atoms with Crippen molar-refractivity contribution in [2.75, 3.05) is 26.4 Å². The number of carbonyl (C=O) groups is 3. The van der Waals surface area contributed by atoms with Gasteiger partial charge in [-0.3, -0.25) is 9.59 Å². The molecule has 2 aliphatic rings. The summed E-state index contributed by atoms with van der Waals surface area (Å²) in [5.74, 6) is -1.83. The Morgan fingerprint density at radius 3 is 2.31 bits per heavy atom. The van der Waals surface area contributed by atoms with E-state index in [1.54, 1.807) is 4.90 Å². The molecule has 0 aromatic heterocycles. The van der Waals surface area contributed by atoms with Gasteiger partial charge in [-0.05, 0) is 42.5 Å². The fourth-order valence-electron chi connectivity index (χ4n) is 5.08. The van der Waals surface area contributed by atoms with Crippen molar-refractivity contribution >= 4 is 18.0 Å². The zero-order chi connectivity index (χ0) is 24.9. The fourth-order valence-corrected chi connectivity index (χ4v) is 5.08. The summed E-state index contributed by atoms with van der Waals surface area (Å²) in [5, 5.41) is 12.2. The highest BCUT2D eigenvalue weighted by molar-refractivity contribution is 5.80. The summed E-state index contributed by atoms with van der Waals surface area (Å²) in [6.07, 6.45) is 0.0982. The van der Waals surface area contributed by atoms with Gasteiger partial charge in [0.05, 0.1) is 19.3 Å². The first-order valence-electron chi connectivity index (χ1n) is 12.1. The average molecular weight is 481 g/mol. The number of amides is 2. The summed E-state index contributed by atoms with van der Waals surface area (Å²) >= 11 is 0. The van der Waals surface area contributed by atoms with Crippen LogP contribution in [0.5, 0.6) is 0 Å². The maximum Gasteiger partial charge on any atom is 0.407 e. The molecule has 8 heteroatoms. The van der Waals surface area contributed by atoms with E-state index in [9.17, 15) is 19.5 Å². The van der Waals surface area contributed by atoms with Crippen LogP contribution in [-0.4, -0.2) is 66.4 Å². The number of nitrogens with zero attached hydrogens (tertiary/aromatic N) is 1. The smallest absolute Gasteiger partial charge is 0.407 e. The van der Waals surface area contributed by atoms with Gasteiger partial charge in [-0.2, -0.15) is 0 Å². The van der Waals surface area contributed by atoms with Crippen molar-refractivity contribution in [2.24, 2.45) is 5.92 Å². The number of hydrogen-bond donors (Lipinski definition) is 2. The highest BCUT2D eigenvalue weighted by atomic mass is 16.5. The van der Waals surface area contributed by atoms with Gasteiger partial charge in [0.1, 0.15) is 12.5 Å². The molecule has 4 rings (SSSR count). The molecule has 3 atom stereocenters. The largest absolute Gasteiger partial charge is 0.481 e. The lowest BCUT2D eigenvalue weighted by molar-refractivity contribution is -0.145. The van der Waals surface area contributed by atoms with E-state index in [2.05, 4.69) is 29.6 Å². The molecule has 1 saturated heterocycles. The van der Waals surface area contributed by atoms with Crippen molar-refractivity contribution in [2.45, 2.75) is 44.7 Å². The molecule has 2 amide bonds. The van der Waals surface area contributed by atoms with Gasteiger partial charge >= 0.3 is 12.1 Å². The first kappa shape index (κ1) is 24.7. The molecule has 1 heterocycles. The van der Waals surface area contributed by atoms with E-state index in [0.29, 0.717) is 13.0 Å². The molecule has 1 aliphatic heterocycles. The van der Waals surface area contributed by atoms with Crippen LogP contribution in [0, 0.1) is 5.92 Å². The Morgan fingerprint density at radius 1 is 1.09 bits per heavy atom. The third-order valence-electron chi connectivity index (χ3n) is 6.93. The summed E-state index contributed by atoms with van der Waals surface area (Å²) < 4.78 is 10.9. The number of aliphatic carboxylic acids is 1. The minimum absolute atomic E-state index is 0.0149. The maximum absolute atomic E-state index is 12.8.